The fourth-order valence-corrected chi connectivity index (χ4v) is 4.52. The number of hydrogen-bond acceptors (Lipinski definition) is 6. The smallest absolute Gasteiger partial charge is 0.379 e. The van der Waals surface area contributed by atoms with Gasteiger partial charge in [0.25, 0.3) is 11.6 Å². The van der Waals surface area contributed by atoms with Crippen LogP contribution in [-0.2, 0) is 33.2 Å². The number of sulfone groups is 1. The van der Waals surface area contributed by atoms with Crippen LogP contribution in [0.2, 0.25) is 0 Å². The number of hydrogen-bond donors (Lipinski definition) is 2. The molecule has 1 unspecified atom stereocenters. The SMILES string of the molecule is CC(O)(CS(=O)(=O)c1cc(C(F)(F)F)cc(C(F)(F)F)c1)C(=O)Nc1ccc([N+](=O)[O-])cc1C(F)(F)F. The van der Waals surface area contributed by atoms with Crippen LogP contribution in [0.4, 0.5) is 50.9 Å². The van der Waals surface area contributed by atoms with Gasteiger partial charge in [0.2, 0.25) is 0 Å². The van der Waals surface area contributed by atoms with Crippen LogP contribution in [-0.4, -0.2) is 35.7 Å². The van der Waals surface area contributed by atoms with E-state index in [2.05, 4.69) is 0 Å². The zero-order chi connectivity index (χ0) is 28.8. The average molecular weight is 568 g/mol. The summed E-state index contributed by atoms with van der Waals surface area (Å²) in [7, 11) is -5.30. The summed E-state index contributed by atoms with van der Waals surface area (Å²) in [6.07, 6.45) is -16.1. The van der Waals surface area contributed by atoms with E-state index in [4.69, 9.17) is 0 Å². The number of non-ortho nitro benzene ring substituents is 1. The molecule has 0 heterocycles. The van der Waals surface area contributed by atoms with Gasteiger partial charge in [-0.15, -0.1) is 0 Å². The molecule has 2 rings (SSSR count). The van der Waals surface area contributed by atoms with Crippen LogP contribution in [0, 0.1) is 10.1 Å². The molecule has 18 heteroatoms. The molecular formula is C19H13F9N2O6S. The van der Waals surface area contributed by atoms with Gasteiger partial charge >= 0.3 is 18.5 Å². The molecule has 204 valence electrons. The Kier molecular flexibility index (Phi) is 7.64. The average Bonchev–Trinajstić information content (AvgIpc) is 2.70. The molecule has 0 radical (unpaired) electrons. The Morgan fingerprint density at radius 1 is 0.919 bits per heavy atom. The van der Waals surface area contributed by atoms with Gasteiger partial charge in [0.05, 0.1) is 37.9 Å². The van der Waals surface area contributed by atoms with Crippen LogP contribution < -0.4 is 5.32 Å². The Bertz CT molecular complexity index is 1300. The largest absolute Gasteiger partial charge is 0.418 e. The second kappa shape index (κ2) is 9.47. The minimum atomic E-state index is -5.42. The number of rotatable bonds is 6. The quantitative estimate of drug-likeness (QED) is 0.293. The Balaban J connectivity index is 2.47. The number of alkyl halides is 9. The molecule has 37 heavy (non-hydrogen) atoms. The van der Waals surface area contributed by atoms with Crippen molar-refractivity contribution in [3.63, 3.8) is 0 Å². The molecule has 0 fully saturated rings. The molecule has 0 aliphatic rings. The number of benzene rings is 2. The minimum absolute atomic E-state index is 0.0301. The molecular weight excluding hydrogens is 555 g/mol. The Morgan fingerprint density at radius 3 is 1.81 bits per heavy atom. The number of nitro groups is 1. The van der Waals surface area contributed by atoms with Gasteiger partial charge in [0.15, 0.2) is 15.4 Å². The van der Waals surface area contributed by atoms with Crippen LogP contribution in [0.15, 0.2) is 41.3 Å². The number of aliphatic hydroxyl groups is 1. The third kappa shape index (κ3) is 7.09. The summed E-state index contributed by atoms with van der Waals surface area (Å²) >= 11 is 0. The van der Waals surface area contributed by atoms with Crippen LogP contribution in [0.25, 0.3) is 0 Å². The van der Waals surface area contributed by atoms with Crippen molar-refractivity contribution in [1.82, 2.24) is 0 Å². The number of halogens is 9. The number of anilines is 1. The summed E-state index contributed by atoms with van der Waals surface area (Å²) in [5.74, 6) is -3.71. The van der Waals surface area contributed by atoms with Crippen molar-refractivity contribution >= 4 is 27.1 Å². The molecule has 2 aromatic rings. The highest BCUT2D eigenvalue weighted by molar-refractivity contribution is 7.91. The van der Waals surface area contributed by atoms with E-state index in [1.54, 1.807) is 0 Å². The van der Waals surface area contributed by atoms with Gasteiger partial charge in [-0.2, -0.15) is 39.5 Å². The monoisotopic (exact) mass is 568 g/mol. The molecule has 1 atom stereocenters. The molecule has 0 aromatic heterocycles. The van der Waals surface area contributed by atoms with E-state index in [0.717, 1.165) is 0 Å². The summed E-state index contributed by atoms with van der Waals surface area (Å²) in [5.41, 5.74) is -11.2. The van der Waals surface area contributed by atoms with Gasteiger partial charge < -0.3 is 10.4 Å². The predicted molar refractivity (Wildman–Crippen MR) is 106 cm³/mol. The van der Waals surface area contributed by atoms with E-state index >= 15 is 0 Å². The van der Waals surface area contributed by atoms with Crippen molar-refractivity contribution in [2.24, 2.45) is 0 Å². The van der Waals surface area contributed by atoms with Crippen LogP contribution in [0.5, 0.6) is 0 Å². The minimum Gasteiger partial charge on any atom is -0.379 e. The van der Waals surface area contributed by atoms with Crippen molar-refractivity contribution in [2.75, 3.05) is 11.1 Å². The maximum atomic E-state index is 13.3. The fourth-order valence-electron chi connectivity index (χ4n) is 2.87. The van der Waals surface area contributed by atoms with E-state index in [0.29, 0.717) is 19.1 Å². The van der Waals surface area contributed by atoms with Crippen molar-refractivity contribution in [3.8, 4) is 0 Å². The lowest BCUT2D eigenvalue weighted by molar-refractivity contribution is -0.385. The number of nitro benzene ring substituents is 1. The first-order valence-electron chi connectivity index (χ1n) is 9.37. The summed E-state index contributed by atoms with van der Waals surface area (Å²) in [6, 6.07) is 0.288. The predicted octanol–water partition coefficient (Wildman–Crippen LogP) is 4.81. The van der Waals surface area contributed by atoms with Gasteiger partial charge in [-0.3, -0.25) is 14.9 Å². The van der Waals surface area contributed by atoms with Gasteiger partial charge in [0, 0.05) is 12.1 Å². The number of amides is 1. The topological polar surface area (TPSA) is 127 Å². The first kappa shape index (κ1) is 29.8. The van der Waals surface area contributed by atoms with Gasteiger partial charge in [-0.1, -0.05) is 0 Å². The lowest BCUT2D eigenvalue weighted by Gasteiger charge is -2.24. The summed E-state index contributed by atoms with van der Waals surface area (Å²) < 4.78 is 143. The lowest BCUT2D eigenvalue weighted by Crippen LogP contribution is -2.46. The highest BCUT2D eigenvalue weighted by Gasteiger charge is 2.42. The molecule has 2 aromatic carbocycles. The zero-order valence-electron chi connectivity index (χ0n) is 17.9. The first-order chi connectivity index (χ1) is 16.4. The molecule has 0 spiro atoms. The van der Waals surface area contributed by atoms with Crippen molar-refractivity contribution in [1.29, 1.82) is 0 Å². The third-order valence-corrected chi connectivity index (χ3v) is 6.54. The fraction of sp³-hybridized carbons (Fsp3) is 0.316. The maximum Gasteiger partial charge on any atom is 0.418 e. The molecule has 1 amide bonds. The van der Waals surface area contributed by atoms with E-state index in [1.165, 1.54) is 5.32 Å². The van der Waals surface area contributed by atoms with E-state index in [1.807, 2.05) is 0 Å². The van der Waals surface area contributed by atoms with Crippen LogP contribution in [0.1, 0.15) is 23.6 Å². The molecule has 0 saturated heterocycles. The zero-order valence-corrected chi connectivity index (χ0v) is 18.7. The van der Waals surface area contributed by atoms with Crippen molar-refractivity contribution in [3.05, 3.63) is 63.2 Å². The molecule has 0 aliphatic heterocycles. The molecule has 2 N–H and O–H groups in total. The van der Waals surface area contributed by atoms with Gasteiger partial charge in [-0.25, -0.2) is 8.42 Å². The molecule has 0 bridgehead atoms. The van der Waals surface area contributed by atoms with E-state index in [-0.39, 0.29) is 24.3 Å². The number of carbonyl (C=O) groups is 1. The highest BCUT2D eigenvalue weighted by atomic mass is 32.2. The van der Waals surface area contributed by atoms with Crippen molar-refractivity contribution < 1.29 is 62.8 Å². The standard InChI is InChI=1S/C19H13F9N2O6S/c1-16(32,15(31)29-14-3-2-11(30(33)34)7-13(14)19(26,27)28)8-37(35,36)12-5-9(17(20,21)22)4-10(6-12)18(23,24)25/h2-7,32H,8H2,1H3,(H,29,31). The van der Waals surface area contributed by atoms with Gasteiger partial charge in [-0.05, 0) is 31.2 Å². The second-order valence-electron chi connectivity index (χ2n) is 7.71. The van der Waals surface area contributed by atoms with Gasteiger partial charge in [0.1, 0.15) is 0 Å². The summed E-state index contributed by atoms with van der Waals surface area (Å²) in [6.45, 7) is 0.427. The van der Waals surface area contributed by atoms with Crippen molar-refractivity contribution in [2.45, 2.75) is 35.9 Å². The van der Waals surface area contributed by atoms with E-state index < -0.39 is 83.5 Å². The third-order valence-electron chi connectivity index (χ3n) is 4.65. The second-order valence-corrected chi connectivity index (χ2v) is 9.70. The number of nitrogens with one attached hydrogen (secondary N) is 1. The summed E-state index contributed by atoms with van der Waals surface area (Å²) in [4.78, 5) is 20.4. The van der Waals surface area contributed by atoms with Crippen LogP contribution >= 0.6 is 0 Å². The van der Waals surface area contributed by atoms with Crippen LogP contribution in [0.3, 0.4) is 0 Å². The number of nitrogens with zero attached hydrogens (tertiary/aromatic N) is 1. The molecule has 0 saturated carbocycles. The summed E-state index contributed by atoms with van der Waals surface area (Å²) in [5, 5.41) is 22.6. The Labute approximate surface area is 200 Å². The van der Waals surface area contributed by atoms with E-state index in [9.17, 15) is 67.9 Å². The molecule has 0 aliphatic carbocycles. The Hall–Kier alpha value is -3.41. The Morgan fingerprint density at radius 2 is 1.41 bits per heavy atom. The highest BCUT2D eigenvalue weighted by Crippen LogP contribution is 2.39. The first-order valence-corrected chi connectivity index (χ1v) is 11.0. The normalized spacial score (nSPS) is 14.7. The molecule has 8 nitrogen and oxygen atoms in total. The lowest BCUT2D eigenvalue weighted by atomic mass is 10.1. The maximum absolute atomic E-state index is 13.3. The number of carbonyl (C=O) groups excluding carboxylic acids is 1.